The smallest absolute Gasteiger partial charge is 0.247 e. The average molecular weight is 861 g/mol. The van der Waals surface area contributed by atoms with E-state index in [0.717, 1.165) is 29.9 Å². The van der Waals surface area contributed by atoms with Gasteiger partial charge in [-0.15, -0.1) is 10.2 Å². The lowest BCUT2D eigenvalue weighted by Crippen LogP contribution is -2.40. The molecular weight excluding hydrogens is 815 g/mol. The van der Waals surface area contributed by atoms with E-state index in [4.69, 9.17) is 45.5 Å². The number of aliphatic hydroxyl groups is 2. The van der Waals surface area contributed by atoms with Gasteiger partial charge in [0.1, 0.15) is 11.6 Å². The van der Waals surface area contributed by atoms with Crippen LogP contribution >= 0.6 is 23.2 Å². The van der Waals surface area contributed by atoms with Crippen LogP contribution in [0.2, 0.25) is 10.0 Å². The van der Waals surface area contributed by atoms with Gasteiger partial charge in [0, 0.05) is 24.3 Å². The Morgan fingerprint density at radius 1 is 0.783 bits per heavy atom. The van der Waals surface area contributed by atoms with E-state index < -0.39 is 35.8 Å². The van der Waals surface area contributed by atoms with Crippen molar-refractivity contribution in [1.29, 1.82) is 0 Å². The van der Waals surface area contributed by atoms with Crippen LogP contribution in [0.15, 0.2) is 77.2 Å². The van der Waals surface area contributed by atoms with E-state index in [2.05, 4.69) is 25.2 Å². The normalized spacial score (nSPS) is 13.9. The molecule has 1 amide bonds. The number of rotatable bonds is 12. The number of carbonyl (C=O) groups is 2. The Kier molecular flexibility index (Phi) is 17.9. The monoisotopic (exact) mass is 859 g/mol. The van der Waals surface area contributed by atoms with Gasteiger partial charge in [-0.2, -0.15) is 0 Å². The third kappa shape index (κ3) is 13.0. The molecule has 1 aliphatic heterocycles. The third-order valence-electron chi connectivity index (χ3n) is 9.84. The number of Topliss-reactive ketones (excluding diaryl/α,β-unsaturated/α-hetero) is 1. The van der Waals surface area contributed by atoms with E-state index in [-0.39, 0.29) is 41.9 Å². The number of ether oxygens (including phenoxy) is 1. The first-order chi connectivity index (χ1) is 28.6. The van der Waals surface area contributed by atoms with Gasteiger partial charge in [0.15, 0.2) is 5.78 Å². The van der Waals surface area contributed by atoms with Crippen molar-refractivity contribution in [1.82, 2.24) is 15.5 Å². The molecule has 15 heteroatoms. The fourth-order valence-electron chi connectivity index (χ4n) is 6.10. The summed E-state index contributed by atoms with van der Waals surface area (Å²) in [5.41, 5.74) is 4.69. The maximum Gasteiger partial charge on any atom is 0.247 e. The maximum absolute atomic E-state index is 13.1. The van der Waals surface area contributed by atoms with Gasteiger partial charge < -0.3 is 24.7 Å². The fourth-order valence-corrected chi connectivity index (χ4v) is 6.55. The topological polar surface area (TPSA) is 144 Å². The molecule has 5 aromatic rings. The number of hydrogen-bond acceptors (Lipinski definition) is 8. The number of halogens is 4. The number of nitrogens with zero attached hydrogens (tertiary/aromatic N) is 4. The van der Waals surface area contributed by atoms with Crippen molar-refractivity contribution in [2.45, 2.75) is 71.5 Å². The summed E-state index contributed by atoms with van der Waals surface area (Å²) < 4.78 is 36.7. The predicted octanol–water partition coefficient (Wildman–Crippen LogP) is 9.77. The van der Waals surface area contributed by atoms with E-state index in [1.165, 1.54) is 56.2 Å². The third-order valence-corrected chi connectivity index (χ3v) is 10.8. The minimum Gasteiger partial charge on any atom is -0.420 e. The zero-order valence-electron chi connectivity index (χ0n) is 33.5. The number of carbonyl (C=O) groups excluding carboxylic acids is 2. The van der Waals surface area contributed by atoms with E-state index >= 15 is 0 Å². The van der Waals surface area contributed by atoms with Crippen molar-refractivity contribution in [3.63, 3.8) is 0 Å². The van der Waals surface area contributed by atoms with Gasteiger partial charge in [-0.25, -0.2) is 18.5 Å². The number of benzene rings is 4. The Balaban J connectivity index is 0.000000236. The van der Waals surface area contributed by atoms with Gasteiger partial charge in [0.05, 0.1) is 53.8 Å². The Labute approximate surface area is 358 Å². The molecule has 0 bridgehead atoms. The Morgan fingerprint density at radius 2 is 1.30 bits per heavy atom. The lowest BCUT2D eigenvalue weighted by molar-refractivity contribution is -0.127. The Bertz CT molecular complexity index is 2310. The van der Waals surface area contributed by atoms with Crippen molar-refractivity contribution in [3.05, 3.63) is 151 Å². The summed E-state index contributed by atoms with van der Waals surface area (Å²) in [6.45, 7) is 22.7. The first-order valence-corrected chi connectivity index (χ1v) is 19.8. The lowest BCUT2D eigenvalue weighted by atomic mass is 9.91. The summed E-state index contributed by atoms with van der Waals surface area (Å²) in [4.78, 5) is 31.4. The van der Waals surface area contributed by atoms with Crippen LogP contribution in [-0.2, 0) is 22.4 Å². The van der Waals surface area contributed by atoms with Gasteiger partial charge in [-0.05, 0) is 124 Å². The van der Waals surface area contributed by atoms with Crippen molar-refractivity contribution in [3.8, 4) is 11.5 Å². The number of ketones is 1. The molecule has 314 valence electrons. The molecule has 0 unspecified atom stereocenters. The molecule has 11 nitrogen and oxygen atoms in total. The highest BCUT2D eigenvalue weighted by Gasteiger charge is 2.27. The number of hydrogen-bond donors (Lipinski definition) is 3. The highest BCUT2D eigenvalue weighted by atomic mass is 35.5. The Hall–Kier alpha value is -5.54. The highest BCUT2D eigenvalue weighted by Crippen LogP contribution is 2.35. The van der Waals surface area contributed by atoms with Crippen LogP contribution in [0.4, 0.5) is 20.2 Å². The molecular formula is C45H45Cl2F2N5O6. The van der Waals surface area contributed by atoms with Crippen molar-refractivity contribution < 1.29 is 37.7 Å². The molecule has 0 saturated carbocycles. The lowest BCUT2D eigenvalue weighted by Gasteiger charge is -2.21. The van der Waals surface area contributed by atoms with Gasteiger partial charge >= 0.3 is 0 Å². The molecule has 1 saturated heterocycles. The van der Waals surface area contributed by atoms with Crippen LogP contribution in [0, 0.1) is 44.5 Å². The van der Waals surface area contributed by atoms with Crippen LogP contribution in [-0.4, -0.2) is 64.1 Å². The van der Waals surface area contributed by atoms with Gasteiger partial charge in [-0.1, -0.05) is 47.5 Å². The molecule has 6 rings (SSSR count). The quantitative estimate of drug-likeness (QED) is 0.0832. The molecule has 4 aromatic carbocycles. The highest BCUT2D eigenvalue weighted by molar-refractivity contribution is 6.34. The molecule has 1 aromatic heterocycles. The van der Waals surface area contributed by atoms with E-state index in [0.29, 0.717) is 39.0 Å². The van der Waals surface area contributed by atoms with E-state index in [9.17, 15) is 28.6 Å². The van der Waals surface area contributed by atoms with E-state index in [1.807, 2.05) is 13.0 Å². The summed E-state index contributed by atoms with van der Waals surface area (Å²) in [5, 5.41) is 31.6. The first-order valence-electron chi connectivity index (χ1n) is 19.1. The van der Waals surface area contributed by atoms with Crippen LogP contribution in [0.3, 0.4) is 0 Å². The van der Waals surface area contributed by atoms with Crippen molar-refractivity contribution >= 4 is 46.3 Å². The van der Waals surface area contributed by atoms with Gasteiger partial charge in [0.25, 0.3) is 0 Å². The summed E-state index contributed by atoms with van der Waals surface area (Å²) in [6.07, 6.45) is 1.48. The average Bonchev–Trinajstić information content (AvgIpc) is 3.99. The largest absolute Gasteiger partial charge is 0.420 e. The second kappa shape index (κ2) is 22.7. The summed E-state index contributed by atoms with van der Waals surface area (Å²) in [6, 6.07) is 17.5. The standard InChI is InChI=1S/C21H20ClFN2O3.C20H17ClFN3O2.C4H8O/c1-12-15(6-9-18(24-3)20(12)22)10-17(13(2)26)21(28)25-11-19(27)14-4-7-16(23)8-5-14;1-11-14(6-9-17(23-3)18(11)21)10-16(12(2)26)20-25-24-19(27-20)13-4-7-15(22)8-5-13;1-2-4-5-3-1/h4-9,13,17,26H,10-11H2,1-2H3,(H,25,28);4-9,12,16,26H,10H2,1-2H3;1-4H2/t13-,17-;12-,16-;/m11./s1. The first kappa shape index (κ1) is 47.1. The van der Waals surface area contributed by atoms with Crippen LogP contribution in [0.25, 0.3) is 21.1 Å². The zero-order valence-corrected chi connectivity index (χ0v) is 35.0. The van der Waals surface area contributed by atoms with Crippen molar-refractivity contribution in [2.24, 2.45) is 5.92 Å². The summed E-state index contributed by atoms with van der Waals surface area (Å²) in [5.74, 6) is -2.34. The predicted molar refractivity (Wildman–Crippen MR) is 225 cm³/mol. The molecule has 60 heavy (non-hydrogen) atoms. The summed E-state index contributed by atoms with van der Waals surface area (Å²) >= 11 is 12.4. The molecule has 2 heterocycles. The maximum atomic E-state index is 13.1. The Morgan fingerprint density at radius 3 is 1.77 bits per heavy atom. The summed E-state index contributed by atoms with van der Waals surface area (Å²) in [7, 11) is 0. The number of aliphatic hydroxyl groups excluding tert-OH is 2. The van der Waals surface area contributed by atoms with Crippen LogP contribution in [0.5, 0.6) is 0 Å². The molecule has 0 spiro atoms. The zero-order chi connectivity index (χ0) is 43.9. The van der Waals surface area contributed by atoms with Gasteiger partial charge in [-0.3, -0.25) is 9.59 Å². The molecule has 3 N–H and O–H groups in total. The molecule has 0 aliphatic carbocycles. The number of amides is 1. The minimum absolute atomic E-state index is 0.206. The second-order valence-electron chi connectivity index (χ2n) is 14.1. The minimum atomic E-state index is -0.959. The van der Waals surface area contributed by atoms with Crippen LogP contribution in [0.1, 0.15) is 71.1 Å². The fraction of sp³-hybridized carbons (Fsp3) is 0.333. The van der Waals surface area contributed by atoms with Gasteiger partial charge in [0.2, 0.25) is 29.1 Å². The van der Waals surface area contributed by atoms with E-state index in [1.54, 1.807) is 44.2 Å². The molecule has 1 fully saturated rings. The molecule has 0 radical (unpaired) electrons. The van der Waals surface area contributed by atoms with Crippen molar-refractivity contribution in [2.75, 3.05) is 19.8 Å². The second-order valence-corrected chi connectivity index (χ2v) is 14.9. The molecule has 1 aliphatic rings. The number of nitrogens with one attached hydrogen (secondary N) is 1. The SMILES string of the molecule is C1CCOC1.[C-]#[N+]c1ccc(C[C@@H](C(=O)NCC(=O)c2ccc(F)cc2)[C@@H](C)O)c(C)c1Cl.[C-]#[N+]c1ccc(C[C@@H](c2nnc(-c3ccc(F)cc3)o2)[C@@H](C)O)c(C)c1Cl. The van der Waals surface area contributed by atoms with Crippen LogP contribution < -0.4 is 5.32 Å². The molecule has 4 atom stereocenters. The number of aromatic nitrogens is 2.